The standard InChI is InChI=1S/C14H13N3/c1-2-11-4-3-5-12(8-11)17-13-6-7-16-14(9-13)10-15/h3-9H,2H2,1H3,(H,16,17). The van der Waals surface area contributed by atoms with Gasteiger partial charge in [-0.3, -0.25) is 0 Å². The normalized spacial score (nSPS) is 9.65. The Morgan fingerprint density at radius 1 is 1.24 bits per heavy atom. The molecular weight excluding hydrogens is 210 g/mol. The first-order chi connectivity index (χ1) is 8.31. The summed E-state index contributed by atoms with van der Waals surface area (Å²) >= 11 is 0. The van der Waals surface area contributed by atoms with Gasteiger partial charge in [-0.15, -0.1) is 0 Å². The van der Waals surface area contributed by atoms with Gasteiger partial charge in [0.15, 0.2) is 0 Å². The van der Waals surface area contributed by atoms with Gasteiger partial charge in [0.1, 0.15) is 11.8 Å². The lowest BCUT2D eigenvalue weighted by Gasteiger charge is -2.07. The molecule has 0 amide bonds. The zero-order valence-corrected chi connectivity index (χ0v) is 9.64. The van der Waals surface area contributed by atoms with Gasteiger partial charge in [0, 0.05) is 17.6 Å². The van der Waals surface area contributed by atoms with Crippen LogP contribution >= 0.6 is 0 Å². The van der Waals surface area contributed by atoms with Gasteiger partial charge in [0.05, 0.1) is 0 Å². The zero-order chi connectivity index (χ0) is 12.1. The minimum absolute atomic E-state index is 0.418. The molecule has 1 aromatic heterocycles. The third kappa shape index (κ3) is 2.82. The molecule has 3 heteroatoms. The molecule has 84 valence electrons. The van der Waals surface area contributed by atoms with Crippen LogP contribution in [-0.4, -0.2) is 4.98 Å². The topological polar surface area (TPSA) is 48.7 Å². The lowest BCUT2D eigenvalue weighted by atomic mass is 10.1. The average molecular weight is 223 g/mol. The Balaban J connectivity index is 2.22. The van der Waals surface area contributed by atoms with Crippen molar-refractivity contribution in [2.24, 2.45) is 0 Å². The van der Waals surface area contributed by atoms with Crippen molar-refractivity contribution in [1.29, 1.82) is 5.26 Å². The molecule has 0 fully saturated rings. The monoisotopic (exact) mass is 223 g/mol. The summed E-state index contributed by atoms with van der Waals surface area (Å²) in [5, 5.41) is 12.0. The van der Waals surface area contributed by atoms with Crippen molar-refractivity contribution >= 4 is 11.4 Å². The first-order valence-corrected chi connectivity index (χ1v) is 5.54. The molecule has 1 N–H and O–H groups in total. The van der Waals surface area contributed by atoms with E-state index in [4.69, 9.17) is 5.26 Å². The van der Waals surface area contributed by atoms with E-state index in [1.807, 2.05) is 24.3 Å². The van der Waals surface area contributed by atoms with Gasteiger partial charge in [-0.2, -0.15) is 5.26 Å². The van der Waals surface area contributed by atoms with E-state index < -0.39 is 0 Å². The van der Waals surface area contributed by atoms with E-state index in [9.17, 15) is 0 Å². The number of hydrogen-bond acceptors (Lipinski definition) is 3. The minimum atomic E-state index is 0.418. The molecule has 1 heterocycles. The van der Waals surface area contributed by atoms with Crippen LogP contribution in [0.25, 0.3) is 0 Å². The molecule has 0 aliphatic heterocycles. The van der Waals surface area contributed by atoms with Crippen LogP contribution in [0.4, 0.5) is 11.4 Å². The third-order valence-electron chi connectivity index (χ3n) is 2.50. The molecule has 0 radical (unpaired) electrons. The Morgan fingerprint density at radius 3 is 2.82 bits per heavy atom. The predicted octanol–water partition coefficient (Wildman–Crippen LogP) is 3.26. The number of benzene rings is 1. The van der Waals surface area contributed by atoms with Crippen molar-refractivity contribution in [3.63, 3.8) is 0 Å². The van der Waals surface area contributed by atoms with Gasteiger partial charge in [0.25, 0.3) is 0 Å². The van der Waals surface area contributed by atoms with Gasteiger partial charge in [-0.1, -0.05) is 19.1 Å². The summed E-state index contributed by atoms with van der Waals surface area (Å²) in [4.78, 5) is 3.93. The molecule has 0 aliphatic carbocycles. The Kier molecular flexibility index (Phi) is 3.37. The van der Waals surface area contributed by atoms with Crippen molar-refractivity contribution in [3.8, 4) is 6.07 Å². The molecule has 0 spiro atoms. The fourth-order valence-electron chi connectivity index (χ4n) is 1.61. The summed E-state index contributed by atoms with van der Waals surface area (Å²) in [7, 11) is 0. The molecule has 0 atom stereocenters. The Hall–Kier alpha value is -2.34. The second-order valence-corrected chi connectivity index (χ2v) is 3.72. The van der Waals surface area contributed by atoms with Gasteiger partial charge in [-0.25, -0.2) is 4.98 Å². The summed E-state index contributed by atoms with van der Waals surface area (Å²) in [6, 6.07) is 13.8. The summed E-state index contributed by atoms with van der Waals surface area (Å²) in [6.07, 6.45) is 2.64. The SMILES string of the molecule is CCc1cccc(Nc2ccnc(C#N)c2)c1. The Morgan fingerprint density at radius 2 is 2.06 bits per heavy atom. The van der Waals surface area contributed by atoms with E-state index in [0.29, 0.717) is 5.69 Å². The van der Waals surface area contributed by atoms with E-state index in [1.54, 1.807) is 12.3 Å². The molecule has 3 nitrogen and oxygen atoms in total. The van der Waals surface area contributed by atoms with E-state index >= 15 is 0 Å². The van der Waals surface area contributed by atoms with E-state index in [-0.39, 0.29) is 0 Å². The summed E-state index contributed by atoms with van der Waals surface area (Å²) < 4.78 is 0. The van der Waals surface area contributed by atoms with Crippen LogP contribution in [0.1, 0.15) is 18.2 Å². The molecule has 17 heavy (non-hydrogen) atoms. The first kappa shape index (κ1) is 11.2. The minimum Gasteiger partial charge on any atom is -0.355 e. The van der Waals surface area contributed by atoms with Crippen LogP contribution in [0.15, 0.2) is 42.6 Å². The van der Waals surface area contributed by atoms with Gasteiger partial charge < -0.3 is 5.32 Å². The highest BCUT2D eigenvalue weighted by atomic mass is 14.9. The van der Waals surface area contributed by atoms with Crippen molar-refractivity contribution in [1.82, 2.24) is 4.98 Å². The van der Waals surface area contributed by atoms with Crippen LogP contribution in [0.3, 0.4) is 0 Å². The fraction of sp³-hybridized carbons (Fsp3) is 0.143. The summed E-state index contributed by atoms with van der Waals surface area (Å²) in [5.41, 5.74) is 3.61. The number of aryl methyl sites for hydroxylation is 1. The Labute approximate surface area is 101 Å². The number of nitriles is 1. The number of rotatable bonds is 3. The third-order valence-corrected chi connectivity index (χ3v) is 2.50. The summed E-state index contributed by atoms with van der Waals surface area (Å²) in [5.74, 6) is 0. The lowest BCUT2D eigenvalue weighted by Crippen LogP contribution is -1.93. The molecule has 2 rings (SSSR count). The van der Waals surface area contributed by atoms with Gasteiger partial charge in [0.2, 0.25) is 0 Å². The van der Waals surface area contributed by atoms with Gasteiger partial charge in [-0.05, 0) is 36.2 Å². The first-order valence-electron chi connectivity index (χ1n) is 5.54. The van der Waals surface area contributed by atoms with Crippen LogP contribution < -0.4 is 5.32 Å². The molecule has 0 unspecified atom stereocenters. The highest BCUT2D eigenvalue weighted by Gasteiger charge is 1.98. The smallest absolute Gasteiger partial charge is 0.142 e. The maximum atomic E-state index is 8.77. The predicted molar refractivity (Wildman–Crippen MR) is 68.1 cm³/mol. The number of nitrogens with one attached hydrogen (secondary N) is 1. The molecule has 0 aliphatic rings. The Bertz CT molecular complexity index is 555. The fourth-order valence-corrected chi connectivity index (χ4v) is 1.61. The molecule has 0 bridgehead atoms. The lowest BCUT2D eigenvalue weighted by molar-refractivity contribution is 1.14. The van der Waals surface area contributed by atoms with E-state index in [2.05, 4.69) is 29.4 Å². The molecular formula is C14H13N3. The van der Waals surface area contributed by atoms with Crippen molar-refractivity contribution < 1.29 is 0 Å². The highest BCUT2D eigenvalue weighted by molar-refractivity contribution is 5.60. The maximum Gasteiger partial charge on any atom is 0.142 e. The number of aromatic nitrogens is 1. The van der Waals surface area contributed by atoms with Crippen LogP contribution in [0, 0.1) is 11.3 Å². The molecule has 2 aromatic rings. The summed E-state index contributed by atoms with van der Waals surface area (Å²) in [6.45, 7) is 2.12. The number of anilines is 2. The van der Waals surface area contributed by atoms with Crippen LogP contribution in [0.5, 0.6) is 0 Å². The number of nitrogens with zero attached hydrogens (tertiary/aromatic N) is 2. The molecule has 0 saturated heterocycles. The highest BCUT2D eigenvalue weighted by Crippen LogP contribution is 2.17. The van der Waals surface area contributed by atoms with Crippen molar-refractivity contribution in [3.05, 3.63) is 53.9 Å². The van der Waals surface area contributed by atoms with E-state index in [0.717, 1.165) is 17.8 Å². The number of hydrogen-bond donors (Lipinski definition) is 1. The molecule has 0 saturated carbocycles. The molecule has 1 aromatic carbocycles. The largest absolute Gasteiger partial charge is 0.355 e. The van der Waals surface area contributed by atoms with Crippen LogP contribution in [0.2, 0.25) is 0 Å². The van der Waals surface area contributed by atoms with Crippen LogP contribution in [-0.2, 0) is 6.42 Å². The maximum absolute atomic E-state index is 8.77. The average Bonchev–Trinajstić information content (AvgIpc) is 2.39. The zero-order valence-electron chi connectivity index (χ0n) is 9.64. The van der Waals surface area contributed by atoms with Crippen molar-refractivity contribution in [2.75, 3.05) is 5.32 Å². The van der Waals surface area contributed by atoms with E-state index in [1.165, 1.54) is 5.56 Å². The van der Waals surface area contributed by atoms with Gasteiger partial charge >= 0.3 is 0 Å². The second kappa shape index (κ2) is 5.13. The number of pyridine rings is 1. The quantitative estimate of drug-likeness (QED) is 0.868. The van der Waals surface area contributed by atoms with Crippen molar-refractivity contribution in [2.45, 2.75) is 13.3 Å². The second-order valence-electron chi connectivity index (χ2n) is 3.72.